The number of nitrogens with zero attached hydrogens (tertiary/aromatic N) is 1. The molecule has 120 valence electrons. The van der Waals surface area contributed by atoms with Gasteiger partial charge in [0, 0.05) is 12.0 Å². The van der Waals surface area contributed by atoms with Crippen LogP contribution in [0, 0.1) is 5.92 Å². The predicted molar refractivity (Wildman–Crippen MR) is 78.6 cm³/mol. The van der Waals surface area contributed by atoms with Crippen molar-refractivity contribution >= 4 is 11.9 Å². The zero-order valence-corrected chi connectivity index (χ0v) is 12.8. The van der Waals surface area contributed by atoms with E-state index in [9.17, 15) is 14.7 Å². The van der Waals surface area contributed by atoms with Crippen molar-refractivity contribution in [3.8, 4) is 0 Å². The van der Waals surface area contributed by atoms with Gasteiger partial charge in [-0.3, -0.25) is 4.79 Å². The van der Waals surface area contributed by atoms with E-state index in [-0.39, 0.29) is 5.76 Å². The van der Waals surface area contributed by atoms with Gasteiger partial charge in [0.1, 0.15) is 5.54 Å². The van der Waals surface area contributed by atoms with Crippen molar-refractivity contribution in [1.29, 1.82) is 0 Å². The molecular weight excluding hydrogens is 284 g/mol. The maximum absolute atomic E-state index is 12.3. The Bertz CT molecular complexity index is 568. The van der Waals surface area contributed by atoms with Crippen molar-refractivity contribution in [1.82, 2.24) is 10.5 Å². The molecule has 0 bridgehead atoms. The first-order valence-electron chi connectivity index (χ1n) is 8.06. The van der Waals surface area contributed by atoms with Crippen molar-refractivity contribution in [3.63, 3.8) is 0 Å². The van der Waals surface area contributed by atoms with Gasteiger partial charge >= 0.3 is 5.97 Å². The Morgan fingerprint density at radius 2 is 2.05 bits per heavy atom. The first-order valence-corrected chi connectivity index (χ1v) is 8.06. The van der Waals surface area contributed by atoms with Gasteiger partial charge in [-0.1, -0.05) is 18.5 Å². The number of carbonyl (C=O) groups is 2. The Kier molecular flexibility index (Phi) is 3.93. The molecule has 2 aliphatic carbocycles. The molecule has 2 fully saturated rings. The fourth-order valence-electron chi connectivity index (χ4n) is 3.22. The van der Waals surface area contributed by atoms with E-state index in [0.717, 1.165) is 37.8 Å². The van der Waals surface area contributed by atoms with Crippen LogP contribution in [0.2, 0.25) is 0 Å². The molecular formula is C16H22N2O4. The molecule has 0 atom stereocenters. The standard InChI is InChI=1S/C16H22N2O4/c1-2-10-5-7-16(8-6-10,15(20)21)17-14(19)13-9-12(18-22-13)11-3-4-11/h9-11H,2-8H2,1H3,(H,17,19)(H,20,21). The maximum Gasteiger partial charge on any atom is 0.329 e. The van der Waals surface area contributed by atoms with Gasteiger partial charge in [0.2, 0.25) is 5.76 Å². The molecule has 6 heteroatoms. The lowest BCUT2D eigenvalue weighted by molar-refractivity contribution is -0.146. The van der Waals surface area contributed by atoms with Gasteiger partial charge in [0.25, 0.3) is 5.91 Å². The molecule has 1 aromatic heterocycles. The molecule has 3 rings (SSSR count). The smallest absolute Gasteiger partial charge is 0.329 e. The molecule has 22 heavy (non-hydrogen) atoms. The van der Waals surface area contributed by atoms with Crippen LogP contribution in [0.25, 0.3) is 0 Å². The number of aromatic nitrogens is 1. The summed E-state index contributed by atoms with van der Waals surface area (Å²) >= 11 is 0. The van der Waals surface area contributed by atoms with Crippen LogP contribution in [-0.4, -0.2) is 27.7 Å². The molecule has 0 aliphatic heterocycles. The third-order valence-corrected chi connectivity index (χ3v) is 5.05. The lowest BCUT2D eigenvalue weighted by Crippen LogP contribution is -2.56. The number of rotatable bonds is 5. The minimum Gasteiger partial charge on any atom is -0.480 e. The molecule has 0 spiro atoms. The topological polar surface area (TPSA) is 92.4 Å². The number of amides is 1. The number of carboxylic acids is 1. The summed E-state index contributed by atoms with van der Waals surface area (Å²) in [6, 6.07) is 1.64. The lowest BCUT2D eigenvalue weighted by Gasteiger charge is -2.36. The highest BCUT2D eigenvalue weighted by atomic mass is 16.5. The van der Waals surface area contributed by atoms with Gasteiger partial charge in [-0.2, -0.15) is 0 Å². The molecule has 0 unspecified atom stereocenters. The van der Waals surface area contributed by atoms with E-state index in [0.29, 0.717) is 24.7 Å². The summed E-state index contributed by atoms with van der Waals surface area (Å²) in [7, 11) is 0. The second-order valence-electron chi connectivity index (χ2n) is 6.58. The number of aliphatic carboxylic acids is 1. The second-order valence-corrected chi connectivity index (χ2v) is 6.58. The predicted octanol–water partition coefficient (Wildman–Crippen LogP) is 2.71. The molecule has 0 radical (unpaired) electrons. The van der Waals surface area contributed by atoms with Gasteiger partial charge in [-0.15, -0.1) is 0 Å². The van der Waals surface area contributed by atoms with Gasteiger partial charge in [-0.25, -0.2) is 4.79 Å². The average molecular weight is 306 g/mol. The van der Waals surface area contributed by atoms with Crippen LogP contribution in [-0.2, 0) is 4.79 Å². The van der Waals surface area contributed by atoms with Crippen LogP contribution in [0.15, 0.2) is 10.6 Å². The van der Waals surface area contributed by atoms with Gasteiger partial charge in [0.15, 0.2) is 0 Å². The van der Waals surface area contributed by atoms with Crippen molar-refractivity contribution in [2.45, 2.75) is 63.3 Å². The van der Waals surface area contributed by atoms with Crippen LogP contribution < -0.4 is 5.32 Å². The molecule has 2 saturated carbocycles. The largest absolute Gasteiger partial charge is 0.480 e. The minimum atomic E-state index is -1.17. The summed E-state index contributed by atoms with van der Waals surface area (Å²) < 4.78 is 5.08. The van der Waals surface area contributed by atoms with Gasteiger partial charge in [-0.05, 0) is 44.4 Å². The Labute approximate surface area is 129 Å². The molecule has 0 aromatic carbocycles. The van der Waals surface area contributed by atoms with Gasteiger partial charge < -0.3 is 14.9 Å². The average Bonchev–Trinajstić information content (AvgIpc) is 3.25. The van der Waals surface area contributed by atoms with E-state index < -0.39 is 17.4 Å². The third kappa shape index (κ3) is 2.87. The van der Waals surface area contributed by atoms with E-state index in [4.69, 9.17) is 4.52 Å². The Hall–Kier alpha value is -1.85. The summed E-state index contributed by atoms with van der Waals surface area (Å²) in [6.07, 6.45) is 5.79. The van der Waals surface area contributed by atoms with Crippen LogP contribution in [0.1, 0.15) is 74.0 Å². The minimum absolute atomic E-state index is 0.111. The molecule has 0 saturated heterocycles. The Morgan fingerprint density at radius 1 is 1.36 bits per heavy atom. The van der Waals surface area contributed by atoms with Crippen molar-refractivity contribution in [2.24, 2.45) is 5.92 Å². The van der Waals surface area contributed by atoms with E-state index in [1.807, 2.05) is 0 Å². The van der Waals surface area contributed by atoms with E-state index in [1.165, 1.54) is 0 Å². The van der Waals surface area contributed by atoms with Crippen LogP contribution in [0.4, 0.5) is 0 Å². The lowest BCUT2D eigenvalue weighted by atomic mass is 9.75. The Morgan fingerprint density at radius 3 is 2.59 bits per heavy atom. The summed E-state index contributed by atoms with van der Waals surface area (Å²) in [4.78, 5) is 24.0. The van der Waals surface area contributed by atoms with E-state index >= 15 is 0 Å². The second kappa shape index (κ2) is 5.74. The third-order valence-electron chi connectivity index (χ3n) is 5.05. The van der Waals surface area contributed by atoms with Crippen LogP contribution >= 0.6 is 0 Å². The normalized spacial score (nSPS) is 28.3. The Balaban J connectivity index is 1.70. The quantitative estimate of drug-likeness (QED) is 0.872. The molecule has 1 amide bonds. The highest BCUT2D eigenvalue weighted by Gasteiger charge is 2.43. The fourth-order valence-corrected chi connectivity index (χ4v) is 3.22. The maximum atomic E-state index is 12.3. The molecule has 6 nitrogen and oxygen atoms in total. The number of hydrogen-bond acceptors (Lipinski definition) is 4. The van der Waals surface area contributed by atoms with Gasteiger partial charge in [0.05, 0.1) is 5.69 Å². The van der Waals surface area contributed by atoms with Crippen LogP contribution in [0.3, 0.4) is 0 Å². The number of hydrogen-bond donors (Lipinski definition) is 2. The molecule has 2 aliphatic rings. The number of carboxylic acid groups (broad SMARTS) is 1. The molecule has 1 aromatic rings. The zero-order chi connectivity index (χ0) is 15.7. The first-order chi connectivity index (χ1) is 10.5. The number of carbonyl (C=O) groups excluding carboxylic acids is 1. The summed E-state index contributed by atoms with van der Waals surface area (Å²) in [5, 5.41) is 16.2. The number of nitrogens with one attached hydrogen (secondary N) is 1. The van der Waals surface area contributed by atoms with Crippen molar-refractivity contribution in [3.05, 3.63) is 17.5 Å². The summed E-state index contributed by atoms with van der Waals surface area (Å²) in [6.45, 7) is 2.12. The van der Waals surface area contributed by atoms with Crippen molar-refractivity contribution < 1.29 is 19.2 Å². The highest BCUT2D eigenvalue weighted by molar-refractivity contribution is 5.95. The molecule has 1 heterocycles. The summed E-state index contributed by atoms with van der Waals surface area (Å²) in [5.74, 6) is -0.371. The van der Waals surface area contributed by atoms with Crippen molar-refractivity contribution in [2.75, 3.05) is 0 Å². The monoisotopic (exact) mass is 306 g/mol. The molecule has 2 N–H and O–H groups in total. The van der Waals surface area contributed by atoms with E-state index in [1.54, 1.807) is 6.07 Å². The fraction of sp³-hybridized carbons (Fsp3) is 0.688. The zero-order valence-electron chi connectivity index (χ0n) is 12.8. The SMILES string of the molecule is CCC1CCC(NC(=O)c2cc(C3CC3)no2)(C(=O)O)CC1. The van der Waals surface area contributed by atoms with E-state index in [2.05, 4.69) is 17.4 Å². The highest BCUT2D eigenvalue weighted by Crippen LogP contribution is 2.39. The summed E-state index contributed by atoms with van der Waals surface area (Å²) in [5.41, 5.74) is -0.376. The van der Waals surface area contributed by atoms with Crippen LogP contribution in [0.5, 0.6) is 0 Å². The first kappa shape index (κ1) is 15.1.